The van der Waals surface area contributed by atoms with Crippen LogP contribution in [0.4, 0.5) is 0 Å². The lowest BCUT2D eigenvalue weighted by Gasteiger charge is -2.31. The molecule has 1 aromatic rings. The molecule has 1 aliphatic heterocycles. The molecule has 0 aromatic carbocycles. The molecule has 0 bridgehead atoms. The zero-order chi connectivity index (χ0) is 12.3. The molecule has 92 valence electrons. The van der Waals surface area contributed by atoms with E-state index in [2.05, 4.69) is 22.0 Å². The average molecular weight is 233 g/mol. The zero-order valence-corrected chi connectivity index (χ0v) is 10.2. The highest BCUT2D eigenvalue weighted by atomic mass is 16.1. The highest BCUT2D eigenvalue weighted by molar-refractivity contribution is 5.75. The van der Waals surface area contributed by atoms with E-state index in [1.54, 1.807) is 0 Å². The maximum atomic E-state index is 10.9. The molecular formula is C13H19N3O. The van der Waals surface area contributed by atoms with Gasteiger partial charge in [0.25, 0.3) is 0 Å². The van der Waals surface area contributed by atoms with Gasteiger partial charge in [0.2, 0.25) is 5.91 Å². The summed E-state index contributed by atoms with van der Waals surface area (Å²) in [6.45, 7) is 4.25. The number of nitrogens with two attached hydrogens (primary N) is 1. The molecule has 0 aliphatic carbocycles. The lowest BCUT2D eigenvalue weighted by molar-refractivity contribution is -0.119. The van der Waals surface area contributed by atoms with E-state index in [-0.39, 0.29) is 5.91 Å². The van der Waals surface area contributed by atoms with E-state index in [1.165, 1.54) is 5.56 Å². The molecule has 1 saturated heterocycles. The molecule has 1 unspecified atom stereocenters. The summed E-state index contributed by atoms with van der Waals surface area (Å²) in [5.74, 6) is 0.186. The summed E-state index contributed by atoms with van der Waals surface area (Å²) in [5.41, 5.74) is 7.54. The van der Waals surface area contributed by atoms with E-state index in [0.717, 1.165) is 31.6 Å². The van der Waals surface area contributed by atoms with Crippen LogP contribution in [0.2, 0.25) is 0 Å². The summed E-state index contributed by atoms with van der Waals surface area (Å²) in [6.07, 6.45) is 4.15. The molecule has 0 saturated carbocycles. The normalized spacial score (nSPS) is 21.4. The molecule has 0 radical (unpaired) electrons. The monoisotopic (exact) mass is 233 g/mol. The fourth-order valence-electron chi connectivity index (χ4n) is 2.38. The second-order valence-electron chi connectivity index (χ2n) is 4.80. The quantitative estimate of drug-likeness (QED) is 0.849. The minimum absolute atomic E-state index is 0.248. The van der Waals surface area contributed by atoms with Crippen molar-refractivity contribution in [2.24, 2.45) is 5.73 Å². The van der Waals surface area contributed by atoms with Gasteiger partial charge in [-0.05, 0) is 37.9 Å². The van der Waals surface area contributed by atoms with Crippen molar-refractivity contribution in [3.63, 3.8) is 0 Å². The van der Waals surface area contributed by atoms with Gasteiger partial charge in [0.1, 0.15) is 0 Å². The number of nitrogens with zero attached hydrogens (tertiary/aromatic N) is 2. The van der Waals surface area contributed by atoms with Crippen LogP contribution in [0.1, 0.15) is 30.0 Å². The van der Waals surface area contributed by atoms with Crippen molar-refractivity contribution in [1.82, 2.24) is 9.88 Å². The van der Waals surface area contributed by atoms with Crippen molar-refractivity contribution in [1.29, 1.82) is 0 Å². The topological polar surface area (TPSA) is 59.2 Å². The van der Waals surface area contributed by atoms with E-state index in [0.29, 0.717) is 12.5 Å². The highest BCUT2D eigenvalue weighted by Gasteiger charge is 2.22. The van der Waals surface area contributed by atoms with Crippen LogP contribution in [0.25, 0.3) is 0 Å². The van der Waals surface area contributed by atoms with Crippen LogP contribution in [0.15, 0.2) is 18.3 Å². The number of likely N-dealkylation sites (tertiary alicyclic amines) is 1. The van der Waals surface area contributed by atoms with Crippen LogP contribution < -0.4 is 5.73 Å². The third kappa shape index (κ3) is 3.27. The van der Waals surface area contributed by atoms with E-state index in [1.807, 2.05) is 13.1 Å². The van der Waals surface area contributed by atoms with Crippen molar-refractivity contribution >= 4 is 5.91 Å². The number of aryl methyl sites for hydroxylation is 1. The molecule has 1 atom stereocenters. The average Bonchev–Trinajstić information content (AvgIpc) is 2.29. The first-order valence-corrected chi connectivity index (χ1v) is 6.08. The van der Waals surface area contributed by atoms with E-state index in [9.17, 15) is 4.79 Å². The Kier molecular flexibility index (Phi) is 3.74. The molecule has 1 aliphatic rings. The van der Waals surface area contributed by atoms with Crippen LogP contribution in [-0.4, -0.2) is 35.4 Å². The molecule has 2 N–H and O–H groups in total. The SMILES string of the molecule is Cc1ccc(C2CCCN(CC(N)=O)C2)nc1. The number of primary amides is 1. The maximum Gasteiger partial charge on any atom is 0.231 e. The second kappa shape index (κ2) is 5.27. The first kappa shape index (κ1) is 12.0. The van der Waals surface area contributed by atoms with Crippen LogP contribution >= 0.6 is 0 Å². The van der Waals surface area contributed by atoms with Crippen LogP contribution in [0.3, 0.4) is 0 Å². The standard InChI is InChI=1S/C13H19N3O/c1-10-4-5-12(15-7-10)11-3-2-6-16(8-11)9-13(14)17/h4-5,7,11H,2-3,6,8-9H2,1H3,(H2,14,17). The van der Waals surface area contributed by atoms with Crippen LogP contribution in [0, 0.1) is 6.92 Å². The zero-order valence-electron chi connectivity index (χ0n) is 10.2. The van der Waals surface area contributed by atoms with E-state index >= 15 is 0 Å². The third-order valence-electron chi connectivity index (χ3n) is 3.24. The van der Waals surface area contributed by atoms with Crippen LogP contribution in [0.5, 0.6) is 0 Å². The maximum absolute atomic E-state index is 10.9. The predicted molar refractivity (Wildman–Crippen MR) is 66.6 cm³/mol. The largest absolute Gasteiger partial charge is 0.369 e. The number of hydrogen-bond donors (Lipinski definition) is 1. The van der Waals surface area contributed by atoms with Gasteiger partial charge in [-0.2, -0.15) is 0 Å². The fourth-order valence-corrected chi connectivity index (χ4v) is 2.38. The van der Waals surface area contributed by atoms with E-state index < -0.39 is 0 Å². The smallest absolute Gasteiger partial charge is 0.231 e. The molecule has 2 heterocycles. The molecule has 4 heteroatoms. The summed E-state index contributed by atoms with van der Waals surface area (Å²) in [4.78, 5) is 17.5. The lowest BCUT2D eigenvalue weighted by Crippen LogP contribution is -2.40. The molecule has 0 spiro atoms. The number of carbonyl (C=O) groups excluding carboxylic acids is 1. The number of rotatable bonds is 3. The summed E-state index contributed by atoms with van der Waals surface area (Å²) in [6, 6.07) is 4.18. The summed E-state index contributed by atoms with van der Waals surface area (Å²) in [7, 11) is 0. The Labute approximate surface area is 102 Å². The second-order valence-corrected chi connectivity index (χ2v) is 4.80. The predicted octanol–water partition coefficient (Wildman–Crippen LogP) is 1.05. The Hall–Kier alpha value is -1.42. The molecule has 2 rings (SSSR count). The van der Waals surface area contributed by atoms with Crippen molar-refractivity contribution in [2.75, 3.05) is 19.6 Å². The lowest BCUT2D eigenvalue weighted by atomic mass is 9.94. The van der Waals surface area contributed by atoms with Gasteiger partial charge in [-0.1, -0.05) is 6.07 Å². The molecule has 1 fully saturated rings. The first-order chi connectivity index (χ1) is 8.15. The number of pyridine rings is 1. The molecule has 1 aromatic heterocycles. The highest BCUT2D eigenvalue weighted by Crippen LogP contribution is 2.25. The summed E-state index contributed by atoms with van der Waals surface area (Å²) < 4.78 is 0. The summed E-state index contributed by atoms with van der Waals surface area (Å²) in [5, 5.41) is 0. The van der Waals surface area contributed by atoms with Gasteiger partial charge < -0.3 is 5.73 Å². The molecule has 1 amide bonds. The van der Waals surface area contributed by atoms with Gasteiger partial charge in [-0.3, -0.25) is 14.7 Å². The number of hydrogen-bond acceptors (Lipinski definition) is 3. The fraction of sp³-hybridized carbons (Fsp3) is 0.538. The minimum atomic E-state index is -0.248. The Balaban J connectivity index is 2.01. The van der Waals surface area contributed by atoms with Crippen molar-refractivity contribution in [2.45, 2.75) is 25.7 Å². The van der Waals surface area contributed by atoms with Crippen molar-refractivity contribution in [3.05, 3.63) is 29.6 Å². The number of amides is 1. The van der Waals surface area contributed by atoms with Crippen molar-refractivity contribution in [3.8, 4) is 0 Å². The molecular weight excluding hydrogens is 214 g/mol. The molecule has 4 nitrogen and oxygen atoms in total. The third-order valence-corrected chi connectivity index (χ3v) is 3.24. The Bertz CT molecular complexity index is 388. The number of aromatic nitrogens is 1. The number of carbonyl (C=O) groups is 1. The van der Waals surface area contributed by atoms with Crippen LogP contribution in [-0.2, 0) is 4.79 Å². The van der Waals surface area contributed by atoms with Gasteiger partial charge >= 0.3 is 0 Å². The Morgan fingerprint density at radius 2 is 2.41 bits per heavy atom. The van der Waals surface area contributed by atoms with Crippen molar-refractivity contribution < 1.29 is 4.79 Å². The van der Waals surface area contributed by atoms with E-state index in [4.69, 9.17) is 5.73 Å². The summed E-state index contributed by atoms with van der Waals surface area (Å²) >= 11 is 0. The van der Waals surface area contributed by atoms with Gasteiger partial charge in [-0.15, -0.1) is 0 Å². The molecule has 17 heavy (non-hydrogen) atoms. The first-order valence-electron chi connectivity index (χ1n) is 6.08. The Morgan fingerprint density at radius 1 is 1.59 bits per heavy atom. The number of piperidine rings is 1. The van der Waals surface area contributed by atoms with Gasteiger partial charge in [0.15, 0.2) is 0 Å². The van der Waals surface area contributed by atoms with Gasteiger partial charge in [0.05, 0.1) is 6.54 Å². The Morgan fingerprint density at radius 3 is 3.06 bits per heavy atom. The minimum Gasteiger partial charge on any atom is -0.369 e. The van der Waals surface area contributed by atoms with Gasteiger partial charge in [-0.25, -0.2) is 0 Å². The van der Waals surface area contributed by atoms with Gasteiger partial charge in [0, 0.05) is 24.4 Å².